The number of nitro groups is 1. The van der Waals surface area contributed by atoms with Crippen LogP contribution in [0, 0.1) is 10.1 Å². The van der Waals surface area contributed by atoms with E-state index in [4.69, 9.17) is 9.47 Å². The first-order valence-corrected chi connectivity index (χ1v) is 8.32. The monoisotopic (exact) mass is 413 g/mol. The molecule has 1 aromatic carbocycles. The van der Waals surface area contributed by atoms with Gasteiger partial charge in [0, 0.05) is 12.6 Å². The molecule has 0 aliphatic rings. The van der Waals surface area contributed by atoms with Crippen LogP contribution in [0.1, 0.15) is 29.4 Å². The number of methoxy groups -OCH3 is 1. The number of ether oxygens (including phenoxy) is 3. The van der Waals surface area contributed by atoms with Gasteiger partial charge in [-0.15, -0.1) is 0 Å². The Balaban J connectivity index is 2.27. The topological polar surface area (TPSA) is 123 Å². The van der Waals surface area contributed by atoms with E-state index in [9.17, 15) is 28.5 Å². The van der Waals surface area contributed by atoms with Gasteiger partial charge in [0.05, 0.1) is 23.7 Å². The summed E-state index contributed by atoms with van der Waals surface area (Å²) in [4.78, 5) is 34.3. The number of carbonyl (C=O) groups excluding carboxylic acids is 1. The number of esters is 1. The molecule has 0 saturated heterocycles. The normalized spacial score (nSPS) is 10.7. The van der Waals surface area contributed by atoms with Crippen LogP contribution >= 0.6 is 0 Å². The average Bonchev–Trinajstić information content (AvgIpc) is 2.67. The Kier molecular flexibility index (Phi) is 7.17. The van der Waals surface area contributed by atoms with E-state index in [1.807, 2.05) is 6.92 Å². The van der Waals surface area contributed by atoms with E-state index in [0.717, 1.165) is 30.0 Å². The molecule has 2 aromatic rings. The van der Waals surface area contributed by atoms with Crippen LogP contribution in [0.3, 0.4) is 0 Å². The molecular weight excluding hydrogens is 396 g/mol. The zero-order valence-corrected chi connectivity index (χ0v) is 15.5. The number of aryl methyl sites for hydroxylation is 1. The van der Waals surface area contributed by atoms with Gasteiger partial charge in [-0.2, -0.15) is 13.9 Å². The molecule has 0 N–H and O–H groups in total. The smallest absolute Gasteiger partial charge is 0.387 e. The van der Waals surface area contributed by atoms with Crippen molar-refractivity contribution in [3.63, 3.8) is 0 Å². The number of alkyl halides is 2. The van der Waals surface area contributed by atoms with E-state index >= 15 is 0 Å². The Hall–Kier alpha value is -3.57. The average molecular weight is 413 g/mol. The lowest BCUT2D eigenvalue weighted by atomic mass is 10.1. The molecule has 0 spiro atoms. The summed E-state index contributed by atoms with van der Waals surface area (Å²) >= 11 is 0. The third kappa shape index (κ3) is 5.46. The van der Waals surface area contributed by atoms with Crippen molar-refractivity contribution >= 4 is 11.7 Å². The molecule has 2 rings (SSSR count). The molecule has 0 unspecified atom stereocenters. The van der Waals surface area contributed by atoms with Gasteiger partial charge in [-0.3, -0.25) is 14.9 Å². The van der Waals surface area contributed by atoms with Crippen LogP contribution in [0.5, 0.6) is 11.5 Å². The maximum Gasteiger partial charge on any atom is 0.387 e. The van der Waals surface area contributed by atoms with E-state index in [2.05, 4.69) is 9.84 Å². The van der Waals surface area contributed by atoms with E-state index < -0.39 is 41.1 Å². The highest BCUT2D eigenvalue weighted by atomic mass is 19.3. The molecule has 0 amide bonds. The summed E-state index contributed by atoms with van der Waals surface area (Å²) in [5.41, 5.74) is -1.26. The maximum absolute atomic E-state index is 12.5. The van der Waals surface area contributed by atoms with E-state index in [1.165, 1.54) is 6.07 Å². The molecule has 0 saturated carbocycles. The largest absolute Gasteiger partial charge is 0.493 e. The van der Waals surface area contributed by atoms with Crippen LogP contribution in [-0.2, 0) is 17.9 Å². The van der Waals surface area contributed by atoms with Gasteiger partial charge in [0.15, 0.2) is 17.2 Å². The fourth-order valence-electron chi connectivity index (χ4n) is 2.37. The quantitative estimate of drug-likeness (QED) is 0.349. The number of nitrogens with zero attached hydrogens (tertiary/aromatic N) is 3. The number of hydrogen-bond acceptors (Lipinski definition) is 8. The van der Waals surface area contributed by atoms with Gasteiger partial charge in [0.1, 0.15) is 6.61 Å². The molecule has 0 atom stereocenters. The Morgan fingerprint density at radius 1 is 1.31 bits per heavy atom. The molecule has 10 nitrogen and oxygen atoms in total. The van der Waals surface area contributed by atoms with Gasteiger partial charge < -0.3 is 14.2 Å². The lowest BCUT2D eigenvalue weighted by Crippen LogP contribution is -2.24. The minimum atomic E-state index is -3.21. The van der Waals surface area contributed by atoms with Crippen LogP contribution in [-0.4, -0.2) is 34.4 Å². The Labute approximate surface area is 162 Å². The number of hydrogen-bond donors (Lipinski definition) is 0. The lowest BCUT2D eigenvalue weighted by Gasteiger charge is -2.12. The zero-order valence-electron chi connectivity index (χ0n) is 15.5. The second kappa shape index (κ2) is 9.57. The summed E-state index contributed by atoms with van der Waals surface area (Å²) in [5.74, 6) is -1.65. The van der Waals surface area contributed by atoms with Gasteiger partial charge in [-0.25, -0.2) is 9.48 Å². The van der Waals surface area contributed by atoms with Crippen LogP contribution < -0.4 is 15.0 Å². The van der Waals surface area contributed by atoms with Gasteiger partial charge in [0.2, 0.25) is 0 Å². The predicted octanol–water partition coefficient (Wildman–Crippen LogP) is 2.53. The van der Waals surface area contributed by atoms with Gasteiger partial charge >= 0.3 is 12.6 Å². The molecule has 12 heteroatoms. The first kappa shape index (κ1) is 21.7. The molecule has 29 heavy (non-hydrogen) atoms. The van der Waals surface area contributed by atoms with Crippen molar-refractivity contribution in [2.45, 2.75) is 33.1 Å². The number of carbonyl (C=O) groups is 1. The molecule has 0 aliphatic heterocycles. The second-order valence-corrected chi connectivity index (χ2v) is 5.62. The van der Waals surface area contributed by atoms with Crippen molar-refractivity contribution in [1.29, 1.82) is 0 Å². The predicted molar refractivity (Wildman–Crippen MR) is 94.2 cm³/mol. The highest BCUT2D eigenvalue weighted by Crippen LogP contribution is 2.36. The van der Waals surface area contributed by atoms with Crippen molar-refractivity contribution in [3.8, 4) is 11.5 Å². The summed E-state index contributed by atoms with van der Waals surface area (Å²) in [6.45, 7) is -1.65. The first-order valence-electron chi connectivity index (χ1n) is 8.32. The first-order chi connectivity index (χ1) is 13.8. The minimum Gasteiger partial charge on any atom is -0.493 e. The minimum absolute atomic E-state index is 0.108. The molecule has 0 bridgehead atoms. The highest BCUT2D eigenvalue weighted by Gasteiger charge is 2.23. The number of halogens is 2. The number of nitro benzene ring substituents is 1. The highest BCUT2D eigenvalue weighted by molar-refractivity contribution is 5.86. The summed E-state index contributed by atoms with van der Waals surface area (Å²) in [5, 5.41) is 15.1. The van der Waals surface area contributed by atoms with E-state index in [-0.39, 0.29) is 17.0 Å². The van der Waals surface area contributed by atoms with Crippen molar-refractivity contribution in [3.05, 3.63) is 56.0 Å². The molecule has 1 heterocycles. The molecule has 0 radical (unpaired) electrons. The van der Waals surface area contributed by atoms with Crippen molar-refractivity contribution in [2.75, 3.05) is 7.11 Å². The second-order valence-electron chi connectivity index (χ2n) is 5.62. The number of benzene rings is 1. The standard InChI is InChI=1S/C17H17F2N3O7/c1-3-6-21-15(23)5-4-11(20-21)16(24)28-9-10-7-13(27-2)14(29-17(18)19)8-12(10)22(25)26/h4-5,7-8,17H,3,6,9H2,1-2H3. The third-order valence-corrected chi connectivity index (χ3v) is 3.65. The van der Waals surface area contributed by atoms with Gasteiger partial charge in [0.25, 0.3) is 11.2 Å². The number of rotatable bonds is 9. The fourth-order valence-corrected chi connectivity index (χ4v) is 2.37. The molecule has 1 aromatic heterocycles. The van der Waals surface area contributed by atoms with Gasteiger partial charge in [-0.1, -0.05) is 6.92 Å². The summed E-state index contributed by atoms with van der Waals surface area (Å²) in [7, 11) is 1.16. The molecule has 0 aliphatic carbocycles. The maximum atomic E-state index is 12.5. The SMILES string of the molecule is CCCn1nc(C(=O)OCc2cc(OC)c(OC(F)F)cc2[N+](=O)[O-])ccc1=O. The van der Waals surface area contributed by atoms with E-state index in [0.29, 0.717) is 13.0 Å². The van der Waals surface area contributed by atoms with Gasteiger partial charge in [-0.05, 0) is 18.6 Å². The third-order valence-electron chi connectivity index (χ3n) is 3.65. The zero-order chi connectivity index (χ0) is 21.6. The summed E-state index contributed by atoms with van der Waals surface area (Å²) < 4.78 is 40.2. The molecule has 156 valence electrons. The lowest BCUT2D eigenvalue weighted by molar-refractivity contribution is -0.386. The number of aromatic nitrogens is 2. The van der Waals surface area contributed by atoms with Crippen LogP contribution in [0.4, 0.5) is 14.5 Å². The molecular formula is C17H17F2N3O7. The van der Waals surface area contributed by atoms with Crippen LogP contribution in [0.25, 0.3) is 0 Å². The Morgan fingerprint density at radius 2 is 2.03 bits per heavy atom. The molecule has 0 fully saturated rings. The summed E-state index contributed by atoms with van der Waals surface area (Å²) in [6, 6.07) is 4.15. The fraction of sp³-hybridized carbons (Fsp3) is 0.353. The van der Waals surface area contributed by atoms with Crippen molar-refractivity contribution in [2.24, 2.45) is 0 Å². The van der Waals surface area contributed by atoms with Crippen LogP contribution in [0.2, 0.25) is 0 Å². The summed E-state index contributed by atoms with van der Waals surface area (Å²) in [6.07, 6.45) is 0.616. The van der Waals surface area contributed by atoms with Crippen molar-refractivity contribution in [1.82, 2.24) is 9.78 Å². The Bertz CT molecular complexity index is 963. The van der Waals surface area contributed by atoms with E-state index in [1.54, 1.807) is 0 Å². The van der Waals surface area contributed by atoms with Crippen molar-refractivity contribution < 1.29 is 32.7 Å². The Morgan fingerprint density at radius 3 is 2.62 bits per heavy atom. The van der Waals surface area contributed by atoms with Crippen LogP contribution in [0.15, 0.2) is 29.1 Å².